The Balaban J connectivity index is 2.02. The molecule has 2 rings (SSSR count). The van der Waals surface area contributed by atoms with Crippen LogP contribution in [-0.2, 0) is 5.41 Å². The SMILES string of the molecule is CC(C)(C)c1ccccc1NC1CCC(C(C)(C)C)CC1. The molecule has 1 N–H and O–H groups in total. The van der Waals surface area contributed by atoms with Gasteiger partial charge in [-0.25, -0.2) is 0 Å². The van der Waals surface area contributed by atoms with Crippen LogP contribution in [0.25, 0.3) is 0 Å². The zero-order chi connectivity index (χ0) is 15.7. The second kappa shape index (κ2) is 6.02. The maximum Gasteiger partial charge on any atom is 0.0380 e. The van der Waals surface area contributed by atoms with Gasteiger partial charge in [-0.3, -0.25) is 0 Å². The van der Waals surface area contributed by atoms with Crippen molar-refractivity contribution in [2.24, 2.45) is 11.3 Å². The monoisotopic (exact) mass is 287 g/mol. The summed E-state index contributed by atoms with van der Waals surface area (Å²) in [5, 5.41) is 3.83. The zero-order valence-corrected chi connectivity index (χ0v) is 14.8. The van der Waals surface area contributed by atoms with Crippen molar-refractivity contribution in [1.82, 2.24) is 0 Å². The number of hydrogen-bond acceptors (Lipinski definition) is 1. The molecule has 1 nitrogen and oxygen atoms in total. The molecular weight excluding hydrogens is 254 g/mol. The summed E-state index contributed by atoms with van der Waals surface area (Å²) in [6, 6.07) is 9.47. The van der Waals surface area contributed by atoms with Crippen LogP contribution in [0.2, 0.25) is 0 Å². The second-order valence-corrected chi connectivity index (χ2v) is 8.85. The molecule has 21 heavy (non-hydrogen) atoms. The molecule has 1 aliphatic carbocycles. The number of nitrogens with one attached hydrogen (secondary N) is 1. The molecule has 0 heterocycles. The summed E-state index contributed by atoms with van der Waals surface area (Å²) < 4.78 is 0. The Kier molecular flexibility index (Phi) is 4.70. The molecule has 0 saturated heterocycles. The van der Waals surface area contributed by atoms with Gasteiger partial charge in [0.2, 0.25) is 0 Å². The lowest BCUT2D eigenvalue weighted by Crippen LogP contribution is -2.32. The van der Waals surface area contributed by atoms with E-state index in [4.69, 9.17) is 0 Å². The van der Waals surface area contributed by atoms with Crippen LogP contribution in [0.4, 0.5) is 5.69 Å². The van der Waals surface area contributed by atoms with Crippen LogP contribution >= 0.6 is 0 Å². The van der Waals surface area contributed by atoms with Crippen LogP contribution in [0.3, 0.4) is 0 Å². The molecule has 0 aromatic heterocycles. The Labute approximate surface area is 131 Å². The maximum absolute atomic E-state index is 3.83. The average Bonchev–Trinajstić information content (AvgIpc) is 2.37. The first kappa shape index (κ1) is 16.4. The van der Waals surface area contributed by atoms with Crippen molar-refractivity contribution in [2.75, 3.05) is 5.32 Å². The Morgan fingerprint density at radius 1 is 0.857 bits per heavy atom. The Morgan fingerprint density at radius 2 is 1.43 bits per heavy atom. The van der Waals surface area contributed by atoms with Gasteiger partial charge < -0.3 is 5.32 Å². The normalized spacial score (nSPS) is 23.9. The van der Waals surface area contributed by atoms with Crippen LogP contribution in [0.5, 0.6) is 0 Å². The van der Waals surface area contributed by atoms with Gasteiger partial charge in [-0.1, -0.05) is 59.7 Å². The van der Waals surface area contributed by atoms with E-state index < -0.39 is 0 Å². The van der Waals surface area contributed by atoms with E-state index in [9.17, 15) is 0 Å². The summed E-state index contributed by atoms with van der Waals surface area (Å²) in [5.74, 6) is 0.883. The number of anilines is 1. The Hall–Kier alpha value is -0.980. The van der Waals surface area contributed by atoms with E-state index in [1.165, 1.54) is 36.9 Å². The lowest BCUT2D eigenvalue weighted by Gasteiger charge is -2.38. The third-order valence-electron chi connectivity index (χ3n) is 5.05. The molecule has 0 atom stereocenters. The van der Waals surface area contributed by atoms with Crippen molar-refractivity contribution in [2.45, 2.75) is 78.7 Å². The molecule has 0 amide bonds. The van der Waals surface area contributed by atoms with Crippen LogP contribution in [0.1, 0.15) is 72.8 Å². The fraction of sp³-hybridized carbons (Fsp3) is 0.700. The molecule has 118 valence electrons. The van der Waals surface area contributed by atoms with Crippen molar-refractivity contribution in [1.29, 1.82) is 0 Å². The van der Waals surface area contributed by atoms with E-state index in [1.807, 2.05) is 0 Å². The van der Waals surface area contributed by atoms with Crippen molar-refractivity contribution >= 4 is 5.69 Å². The smallest absolute Gasteiger partial charge is 0.0380 e. The van der Waals surface area contributed by atoms with E-state index in [1.54, 1.807) is 0 Å². The lowest BCUT2D eigenvalue weighted by molar-refractivity contribution is 0.173. The highest BCUT2D eigenvalue weighted by atomic mass is 14.9. The van der Waals surface area contributed by atoms with Gasteiger partial charge in [0, 0.05) is 11.7 Å². The van der Waals surface area contributed by atoms with E-state index in [0.29, 0.717) is 11.5 Å². The molecule has 1 fully saturated rings. The first-order valence-corrected chi connectivity index (χ1v) is 8.54. The lowest BCUT2D eigenvalue weighted by atomic mass is 9.71. The summed E-state index contributed by atoms with van der Waals surface area (Å²) in [5.41, 5.74) is 3.44. The van der Waals surface area contributed by atoms with E-state index >= 15 is 0 Å². The van der Waals surface area contributed by atoms with Gasteiger partial charge in [0.25, 0.3) is 0 Å². The predicted molar refractivity (Wildman–Crippen MR) is 94.0 cm³/mol. The van der Waals surface area contributed by atoms with E-state index in [-0.39, 0.29) is 5.41 Å². The average molecular weight is 287 g/mol. The number of hydrogen-bond donors (Lipinski definition) is 1. The highest BCUT2D eigenvalue weighted by molar-refractivity contribution is 5.54. The van der Waals surface area contributed by atoms with Gasteiger partial charge in [-0.15, -0.1) is 0 Å². The van der Waals surface area contributed by atoms with Gasteiger partial charge in [-0.2, -0.15) is 0 Å². The molecule has 0 bridgehead atoms. The standard InChI is InChI=1S/C20H33N/c1-19(2,3)15-11-13-16(14-12-15)21-18-10-8-7-9-17(18)20(4,5)6/h7-10,15-16,21H,11-14H2,1-6H3. The van der Waals surface area contributed by atoms with Crippen molar-refractivity contribution in [3.63, 3.8) is 0 Å². The maximum atomic E-state index is 3.83. The molecule has 1 aliphatic rings. The van der Waals surface area contributed by atoms with E-state index in [0.717, 1.165) is 5.92 Å². The van der Waals surface area contributed by atoms with Crippen molar-refractivity contribution in [3.05, 3.63) is 29.8 Å². The molecular formula is C20H33N. The third-order valence-corrected chi connectivity index (χ3v) is 5.05. The molecule has 1 aromatic rings. The molecule has 0 aliphatic heterocycles. The summed E-state index contributed by atoms with van der Waals surface area (Å²) in [6.07, 6.45) is 5.33. The minimum Gasteiger partial charge on any atom is -0.382 e. The van der Waals surface area contributed by atoms with Gasteiger partial charge in [0.1, 0.15) is 0 Å². The van der Waals surface area contributed by atoms with Crippen LogP contribution in [0, 0.1) is 11.3 Å². The third kappa shape index (κ3) is 4.25. The number of para-hydroxylation sites is 1. The van der Waals surface area contributed by atoms with E-state index in [2.05, 4.69) is 71.1 Å². The largest absolute Gasteiger partial charge is 0.382 e. The highest BCUT2D eigenvalue weighted by Crippen LogP contribution is 2.39. The predicted octanol–water partition coefficient (Wildman–Crippen LogP) is 6.00. The topological polar surface area (TPSA) is 12.0 Å². The summed E-state index contributed by atoms with van der Waals surface area (Å²) in [6.45, 7) is 14.1. The summed E-state index contributed by atoms with van der Waals surface area (Å²) in [7, 11) is 0. The molecule has 0 spiro atoms. The first-order valence-electron chi connectivity index (χ1n) is 8.54. The molecule has 1 saturated carbocycles. The summed E-state index contributed by atoms with van der Waals surface area (Å²) in [4.78, 5) is 0. The van der Waals surface area contributed by atoms with Crippen molar-refractivity contribution < 1.29 is 0 Å². The van der Waals surface area contributed by atoms with Crippen molar-refractivity contribution in [3.8, 4) is 0 Å². The van der Waals surface area contributed by atoms with Gasteiger partial charge in [-0.05, 0) is 54.1 Å². The van der Waals surface area contributed by atoms with Gasteiger partial charge >= 0.3 is 0 Å². The second-order valence-electron chi connectivity index (χ2n) is 8.85. The van der Waals surface area contributed by atoms with Gasteiger partial charge in [0.15, 0.2) is 0 Å². The van der Waals surface area contributed by atoms with Crippen LogP contribution in [-0.4, -0.2) is 6.04 Å². The fourth-order valence-electron chi connectivity index (χ4n) is 3.59. The minimum absolute atomic E-state index is 0.201. The van der Waals surface area contributed by atoms with Gasteiger partial charge in [0.05, 0.1) is 0 Å². The van der Waals surface area contributed by atoms with Crippen LogP contribution in [0.15, 0.2) is 24.3 Å². The summed E-state index contributed by atoms with van der Waals surface area (Å²) >= 11 is 0. The number of rotatable bonds is 2. The quantitative estimate of drug-likeness (QED) is 0.703. The molecule has 0 unspecified atom stereocenters. The zero-order valence-electron chi connectivity index (χ0n) is 14.8. The number of benzene rings is 1. The molecule has 0 radical (unpaired) electrons. The molecule has 1 aromatic carbocycles. The van der Waals surface area contributed by atoms with Crippen LogP contribution < -0.4 is 5.32 Å². The Morgan fingerprint density at radius 3 is 1.95 bits per heavy atom. The Bertz CT molecular complexity index is 453. The fourth-order valence-corrected chi connectivity index (χ4v) is 3.59. The first-order chi connectivity index (χ1) is 9.68. The minimum atomic E-state index is 0.201. The highest BCUT2D eigenvalue weighted by Gasteiger charge is 2.30. The molecule has 1 heteroatoms.